The molecule has 1 saturated heterocycles. The standard InChI is InChI=1S/C18H22Cl2N4O2S/c1-26-14-4-2-3-13(9-14)10-15-22-18(27-23-15)24-7-5-12(6-8-24)11-21-17(25)16(19)20/h2-4,9,12,16H,5-8,10-11H2,1H3,(H,21,25). The first kappa shape index (κ1) is 20.2. The Kier molecular flexibility index (Phi) is 7.15. The number of anilines is 1. The Balaban J connectivity index is 1.50. The Morgan fingerprint density at radius 2 is 2.19 bits per heavy atom. The van der Waals surface area contributed by atoms with Crippen LogP contribution in [0.4, 0.5) is 5.13 Å². The number of alkyl halides is 2. The Morgan fingerprint density at radius 3 is 2.89 bits per heavy atom. The summed E-state index contributed by atoms with van der Waals surface area (Å²) in [7, 11) is 1.66. The van der Waals surface area contributed by atoms with E-state index in [2.05, 4.69) is 20.7 Å². The molecule has 0 atom stereocenters. The highest BCUT2D eigenvalue weighted by Gasteiger charge is 2.23. The number of nitrogens with zero attached hydrogens (tertiary/aromatic N) is 3. The van der Waals surface area contributed by atoms with Crippen molar-refractivity contribution >= 4 is 45.8 Å². The summed E-state index contributed by atoms with van der Waals surface area (Å²) in [6.45, 7) is 2.42. The van der Waals surface area contributed by atoms with Crippen LogP contribution in [0, 0.1) is 5.92 Å². The predicted molar refractivity (Wildman–Crippen MR) is 109 cm³/mol. The number of carbonyl (C=O) groups excluding carboxylic acids is 1. The second kappa shape index (κ2) is 9.57. The molecule has 1 N–H and O–H groups in total. The zero-order chi connectivity index (χ0) is 19.2. The number of benzene rings is 1. The minimum Gasteiger partial charge on any atom is -0.497 e. The van der Waals surface area contributed by atoms with Gasteiger partial charge in [-0.25, -0.2) is 4.98 Å². The van der Waals surface area contributed by atoms with Gasteiger partial charge in [-0.15, -0.1) is 0 Å². The van der Waals surface area contributed by atoms with Crippen LogP contribution in [0.15, 0.2) is 24.3 Å². The number of rotatable bonds is 7. The maximum Gasteiger partial charge on any atom is 0.253 e. The number of methoxy groups -OCH3 is 1. The average Bonchev–Trinajstić information content (AvgIpc) is 3.15. The molecule has 0 bridgehead atoms. The smallest absolute Gasteiger partial charge is 0.253 e. The summed E-state index contributed by atoms with van der Waals surface area (Å²) in [6, 6.07) is 7.96. The summed E-state index contributed by atoms with van der Waals surface area (Å²) in [5, 5.41) is 3.75. The zero-order valence-electron chi connectivity index (χ0n) is 15.0. The SMILES string of the molecule is COc1cccc(Cc2nsc(N3CCC(CNC(=O)C(Cl)Cl)CC3)n2)c1. The van der Waals surface area contributed by atoms with Gasteiger partial charge in [0.1, 0.15) is 11.6 Å². The third-order valence-electron chi connectivity index (χ3n) is 4.60. The van der Waals surface area contributed by atoms with Crippen molar-refractivity contribution < 1.29 is 9.53 Å². The molecular formula is C18H22Cl2N4O2S. The fraction of sp³-hybridized carbons (Fsp3) is 0.500. The van der Waals surface area contributed by atoms with Gasteiger partial charge in [0.25, 0.3) is 5.91 Å². The lowest BCUT2D eigenvalue weighted by molar-refractivity contribution is -0.119. The summed E-state index contributed by atoms with van der Waals surface area (Å²) in [6.07, 6.45) is 2.66. The van der Waals surface area contributed by atoms with Gasteiger partial charge in [0.2, 0.25) is 5.13 Å². The number of amides is 1. The summed E-state index contributed by atoms with van der Waals surface area (Å²) in [5.41, 5.74) is 1.13. The second-order valence-electron chi connectivity index (χ2n) is 6.50. The van der Waals surface area contributed by atoms with Crippen LogP contribution in [0.5, 0.6) is 5.75 Å². The largest absolute Gasteiger partial charge is 0.497 e. The molecule has 6 nitrogen and oxygen atoms in total. The van der Waals surface area contributed by atoms with E-state index in [0.29, 0.717) is 18.9 Å². The van der Waals surface area contributed by atoms with Crippen molar-refractivity contribution in [2.45, 2.75) is 24.1 Å². The molecule has 27 heavy (non-hydrogen) atoms. The molecule has 0 aliphatic carbocycles. The van der Waals surface area contributed by atoms with Gasteiger partial charge < -0.3 is 15.0 Å². The molecule has 3 rings (SSSR count). The molecule has 0 unspecified atom stereocenters. The van der Waals surface area contributed by atoms with Crippen molar-refractivity contribution in [3.05, 3.63) is 35.7 Å². The third kappa shape index (κ3) is 5.70. The first-order chi connectivity index (χ1) is 13.0. The first-order valence-corrected chi connectivity index (χ1v) is 10.5. The number of ether oxygens (including phenoxy) is 1. The summed E-state index contributed by atoms with van der Waals surface area (Å²) in [5.74, 6) is 1.77. The van der Waals surface area contributed by atoms with Crippen LogP contribution in [0.3, 0.4) is 0 Å². The van der Waals surface area contributed by atoms with E-state index in [4.69, 9.17) is 32.9 Å². The third-order valence-corrected chi connectivity index (χ3v) is 5.81. The number of piperidine rings is 1. The molecule has 1 aromatic heterocycles. The van der Waals surface area contributed by atoms with Crippen LogP contribution in [0.25, 0.3) is 0 Å². The van der Waals surface area contributed by atoms with Crippen molar-refractivity contribution in [1.29, 1.82) is 0 Å². The van der Waals surface area contributed by atoms with E-state index in [0.717, 1.165) is 48.2 Å². The molecule has 146 valence electrons. The van der Waals surface area contributed by atoms with Crippen molar-refractivity contribution in [2.75, 3.05) is 31.6 Å². The monoisotopic (exact) mass is 428 g/mol. The van der Waals surface area contributed by atoms with E-state index in [9.17, 15) is 4.79 Å². The molecule has 1 aliphatic heterocycles. The van der Waals surface area contributed by atoms with Crippen LogP contribution in [0.1, 0.15) is 24.2 Å². The zero-order valence-corrected chi connectivity index (χ0v) is 17.4. The van der Waals surface area contributed by atoms with Crippen molar-refractivity contribution in [3.8, 4) is 5.75 Å². The quantitative estimate of drug-likeness (QED) is 0.685. The van der Waals surface area contributed by atoms with Crippen LogP contribution in [0.2, 0.25) is 0 Å². The highest BCUT2D eigenvalue weighted by molar-refractivity contribution is 7.09. The molecular weight excluding hydrogens is 407 g/mol. The van der Waals surface area contributed by atoms with Gasteiger partial charge in [0, 0.05) is 37.6 Å². The molecule has 2 aromatic rings. The van der Waals surface area contributed by atoms with Crippen LogP contribution in [-0.4, -0.2) is 46.8 Å². The number of halogens is 2. The molecule has 0 radical (unpaired) electrons. The molecule has 2 heterocycles. The van der Waals surface area contributed by atoms with E-state index in [1.54, 1.807) is 7.11 Å². The minimum absolute atomic E-state index is 0.327. The van der Waals surface area contributed by atoms with Gasteiger partial charge in [-0.1, -0.05) is 35.3 Å². The fourth-order valence-electron chi connectivity index (χ4n) is 3.06. The summed E-state index contributed by atoms with van der Waals surface area (Å²) < 4.78 is 9.77. The fourth-order valence-corrected chi connectivity index (χ4v) is 3.95. The highest BCUT2D eigenvalue weighted by atomic mass is 35.5. The van der Waals surface area contributed by atoms with Gasteiger partial charge in [-0.3, -0.25) is 4.79 Å². The van der Waals surface area contributed by atoms with Crippen LogP contribution in [-0.2, 0) is 11.2 Å². The predicted octanol–water partition coefficient (Wildman–Crippen LogP) is 3.27. The molecule has 1 fully saturated rings. The van der Waals surface area contributed by atoms with Crippen molar-refractivity contribution in [3.63, 3.8) is 0 Å². The lowest BCUT2D eigenvalue weighted by Crippen LogP contribution is -2.39. The number of carbonyl (C=O) groups is 1. The number of hydrogen-bond donors (Lipinski definition) is 1. The van der Waals surface area contributed by atoms with Crippen LogP contribution < -0.4 is 15.0 Å². The van der Waals surface area contributed by atoms with Gasteiger partial charge in [-0.2, -0.15) is 4.37 Å². The average molecular weight is 429 g/mol. The van der Waals surface area contributed by atoms with E-state index in [-0.39, 0.29) is 5.91 Å². The lowest BCUT2D eigenvalue weighted by atomic mass is 9.97. The number of aromatic nitrogens is 2. The van der Waals surface area contributed by atoms with E-state index in [1.165, 1.54) is 11.5 Å². The van der Waals surface area contributed by atoms with E-state index < -0.39 is 4.84 Å². The lowest BCUT2D eigenvalue weighted by Gasteiger charge is -2.31. The second-order valence-corrected chi connectivity index (χ2v) is 8.32. The maximum atomic E-state index is 11.5. The highest BCUT2D eigenvalue weighted by Crippen LogP contribution is 2.25. The minimum atomic E-state index is -1.01. The summed E-state index contributed by atoms with van der Waals surface area (Å²) in [4.78, 5) is 17.4. The summed E-state index contributed by atoms with van der Waals surface area (Å²) >= 11 is 12.5. The normalized spacial score (nSPS) is 15.2. The Bertz CT molecular complexity index is 763. The molecule has 0 saturated carbocycles. The number of nitrogens with one attached hydrogen (secondary N) is 1. The van der Waals surface area contributed by atoms with E-state index >= 15 is 0 Å². The van der Waals surface area contributed by atoms with Gasteiger partial charge in [-0.05, 0) is 36.5 Å². The van der Waals surface area contributed by atoms with Crippen molar-refractivity contribution in [2.24, 2.45) is 5.92 Å². The molecule has 9 heteroatoms. The van der Waals surface area contributed by atoms with E-state index in [1.807, 2.05) is 18.2 Å². The van der Waals surface area contributed by atoms with Gasteiger partial charge in [0.05, 0.1) is 7.11 Å². The molecule has 1 amide bonds. The first-order valence-electron chi connectivity index (χ1n) is 8.81. The maximum absolute atomic E-state index is 11.5. The topological polar surface area (TPSA) is 67.3 Å². The molecule has 1 aromatic carbocycles. The Hall–Kier alpha value is -1.57. The molecule has 0 spiro atoms. The van der Waals surface area contributed by atoms with Crippen LogP contribution >= 0.6 is 34.7 Å². The Morgan fingerprint density at radius 1 is 1.41 bits per heavy atom. The molecule has 1 aliphatic rings. The van der Waals surface area contributed by atoms with Gasteiger partial charge in [0.15, 0.2) is 4.84 Å². The van der Waals surface area contributed by atoms with Crippen molar-refractivity contribution in [1.82, 2.24) is 14.7 Å². The Labute approximate surface area is 173 Å². The number of hydrogen-bond acceptors (Lipinski definition) is 6. The van der Waals surface area contributed by atoms with Gasteiger partial charge >= 0.3 is 0 Å².